The van der Waals surface area contributed by atoms with Gasteiger partial charge in [-0.2, -0.15) is 5.26 Å². The average molecular weight is 487 g/mol. The zero-order valence-corrected chi connectivity index (χ0v) is 23.5. The van der Waals surface area contributed by atoms with E-state index < -0.39 is 0 Å². The van der Waals surface area contributed by atoms with Gasteiger partial charge in [-0.3, -0.25) is 0 Å². The lowest BCUT2D eigenvalue weighted by molar-refractivity contribution is -0.117. The number of nitrogens with one attached hydrogen (secondary N) is 1. The molecule has 36 heavy (non-hydrogen) atoms. The highest BCUT2D eigenvalue weighted by molar-refractivity contribution is 5.65. The Morgan fingerprint density at radius 2 is 1.81 bits per heavy atom. The van der Waals surface area contributed by atoms with Crippen LogP contribution >= 0.6 is 0 Å². The number of fused-ring (bicyclic) bond motifs is 5. The molecule has 1 aromatic carbocycles. The molecule has 1 aromatic rings. The maximum absolute atomic E-state index is 9.24. The molecule has 2 nitrogen and oxygen atoms in total. The lowest BCUT2D eigenvalue weighted by Crippen LogP contribution is -2.55. The summed E-state index contributed by atoms with van der Waals surface area (Å²) in [6.45, 7) is 14.7. The lowest BCUT2D eigenvalue weighted by Gasteiger charge is -2.61. The van der Waals surface area contributed by atoms with Crippen LogP contribution in [0.5, 0.6) is 0 Å². The van der Waals surface area contributed by atoms with E-state index in [1.54, 1.807) is 0 Å². The van der Waals surface area contributed by atoms with Gasteiger partial charge in [-0.05, 0) is 110 Å². The van der Waals surface area contributed by atoms with Gasteiger partial charge < -0.3 is 5.32 Å². The van der Waals surface area contributed by atoms with Crippen molar-refractivity contribution >= 4 is 5.70 Å². The van der Waals surface area contributed by atoms with Gasteiger partial charge in [0, 0.05) is 17.3 Å². The summed E-state index contributed by atoms with van der Waals surface area (Å²) in [6, 6.07) is 11.1. The molecule has 0 spiro atoms. The lowest BCUT2D eigenvalue weighted by atomic mass is 9.44. The molecule has 0 saturated heterocycles. The number of hydrogen-bond donors (Lipinski definition) is 1. The number of nitriles is 1. The van der Waals surface area contributed by atoms with Crippen molar-refractivity contribution in [3.8, 4) is 6.07 Å². The molecule has 4 aliphatic rings. The van der Waals surface area contributed by atoms with Gasteiger partial charge in [-0.15, -0.1) is 0 Å². The van der Waals surface area contributed by atoms with Crippen molar-refractivity contribution in [2.45, 2.75) is 111 Å². The van der Waals surface area contributed by atoms with E-state index in [-0.39, 0.29) is 0 Å². The molecular weight excluding hydrogens is 436 g/mol. The summed E-state index contributed by atoms with van der Waals surface area (Å²) in [7, 11) is 0. The quantitative estimate of drug-likeness (QED) is 0.418. The molecule has 196 valence electrons. The first-order chi connectivity index (χ1) is 17.3. The van der Waals surface area contributed by atoms with Gasteiger partial charge in [0.25, 0.3) is 0 Å². The average Bonchev–Trinajstić information content (AvgIpc) is 3.22. The monoisotopic (exact) mass is 486 g/mol. The zero-order chi connectivity index (χ0) is 25.5. The highest BCUT2D eigenvalue weighted by atomic mass is 14.9. The van der Waals surface area contributed by atoms with Crippen LogP contribution in [0.2, 0.25) is 0 Å². The van der Waals surface area contributed by atoms with Crippen LogP contribution in [0.15, 0.2) is 30.8 Å². The highest BCUT2D eigenvalue weighted by Crippen LogP contribution is 2.68. The fraction of sp³-hybridized carbons (Fsp3) is 0.735. The van der Waals surface area contributed by atoms with Crippen molar-refractivity contribution in [2.75, 3.05) is 0 Å². The molecule has 4 aliphatic carbocycles. The standard InChI is InChI=1S/C34H50N2/c1-6-9-23(2)30-14-15-31-29-13-12-26-22-27(16-19-33(26,4)32(29)17-20-34(30,31)5)36-24(3)28-11-8-7-10-25(28)18-21-35/h7-8,10-11,23,26-27,29-32,36H,3,6,9,12-20,22H2,1-2,4-5H3. The summed E-state index contributed by atoms with van der Waals surface area (Å²) in [5.74, 6) is 5.60. The van der Waals surface area contributed by atoms with Crippen LogP contribution in [0.4, 0.5) is 0 Å². The summed E-state index contributed by atoms with van der Waals surface area (Å²) < 4.78 is 0. The summed E-state index contributed by atoms with van der Waals surface area (Å²) in [5.41, 5.74) is 4.35. The van der Waals surface area contributed by atoms with Gasteiger partial charge in [0.1, 0.15) is 0 Å². The molecule has 1 N–H and O–H groups in total. The normalized spacial score (nSPS) is 40.3. The molecule has 9 unspecified atom stereocenters. The first-order valence-corrected chi connectivity index (χ1v) is 15.2. The predicted molar refractivity (Wildman–Crippen MR) is 151 cm³/mol. The number of nitrogens with zero attached hydrogens (tertiary/aromatic N) is 1. The molecular formula is C34H50N2. The Hall–Kier alpha value is -1.75. The van der Waals surface area contributed by atoms with Crippen LogP contribution in [0.3, 0.4) is 0 Å². The maximum Gasteiger partial charge on any atom is 0.0669 e. The summed E-state index contributed by atoms with van der Waals surface area (Å²) in [6.07, 6.45) is 16.0. The molecule has 0 amide bonds. The van der Waals surface area contributed by atoms with E-state index in [1.165, 1.54) is 70.6 Å². The number of rotatable bonds is 7. The van der Waals surface area contributed by atoms with Gasteiger partial charge >= 0.3 is 0 Å². The highest BCUT2D eigenvalue weighted by Gasteiger charge is 2.60. The van der Waals surface area contributed by atoms with Crippen molar-refractivity contribution in [3.63, 3.8) is 0 Å². The predicted octanol–water partition coefficient (Wildman–Crippen LogP) is 8.78. The van der Waals surface area contributed by atoms with Crippen LogP contribution in [0, 0.1) is 57.7 Å². The second kappa shape index (κ2) is 10.2. The van der Waals surface area contributed by atoms with Crippen LogP contribution in [-0.4, -0.2) is 6.04 Å². The molecule has 4 saturated carbocycles. The molecule has 9 atom stereocenters. The fourth-order valence-electron chi connectivity index (χ4n) is 10.4. The Morgan fingerprint density at radius 1 is 1.06 bits per heavy atom. The molecule has 0 heterocycles. The first-order valence-electron chi connectivity index (χ1n) is 15.2. The smallest absolute Gasteiger partial charge is 0.0669 e. The molecule has 0 aromatic heterocycles. The summed E-state index contributed by atoms with van der Waals surface area (Å²) in [4.78, 5) is 0. The molecule has 0 radical (unpaired) electrons. The van der Waals surface area contributed by atoms with Gasteiger partial charge in [-0.25, -0.2) is 0 Å². The van der Waals surface area contributed by atoms with E-state index in [0.717, 1.165) is 52.3 Å². The Labute approximate surface area is 221 Å². The number of hydrogen-bond acceptors (Lipinski definition) is 2. The minimum atomic E-state index is 0.448. The van der Waals surface area contributed by atoms with E-state index in [9.17, 15) is 5.26 Å². The SMILES string of the molecule is C=C(NC1CCC2(C)C(CCC3C2CCC2(C)C(C(C)CCC)CCC32)C1)c1ccccc1CC#N. The minimum absolute atomic E-state index is 0.448. The van der Waals surface area contributed by atoms with E-state index >= 15 is 0 Å². The first kappa shape index (κ1) is 25.9. The second-order valence-corrected chi connectivity index (χ2v) is 13.7. The van der Waals surface area contributed by atoms with Crippen molar-refractivity contribution < 1.29 is 0 Å². The van der Waals surface area contributed by atoms with Gasteiger partial charge in [0.05, 0.1) is 12.5 Å². The van der Waals surface area contributed by atoms with Gasteiger partial charge in [-0.1, -0.05) is 71.4 Å². The molecule has 0 bridgehead atoms. The number of benzene rings is 1. The van der Waals surface area contributed by atoms with E-state index in [4.69, 9.17) is 0 Å². The van der Waals surface area contributed by atoms with Crippen molar-refractivity contribution in [2.24, 2.45) is 46.3 Å². The summed E-state index contributed by atoms with van der Waals surface area (Å²) >= 11 is 0. The van der Waals surface area contributed by atoms with Gasteiger partial charge in [0.15, 0.2) is 0 Å². The van der Waals surface area contributed by atoms with E-state index in [2.05, 4.69) is 63.9 Å². The molecule has 4 fully saturated rings. The fourth-order valence-corrected chi connectivity index (χ4v) is 10.4. The van der Waals surface area contributed by atoms with Crippen LogP contribution in [0.25, 0.3) is 5.70 Å². The molecule has 5 rings (SSSR count). The second-order valence-electron chi connectivity index (χ2n) is 13.7. The van der Waals surface area contributed by atoms with Gasteiger partial charge in [0.2, 0.25) is 0 Å². The Morgan fingerprint density at radius 3 is 2.58 bits per heavy atom. The Kier molecular flexibility index (Phi) is 7.33. The van der Waals surface area contributed by atoms with Crippen molar-refractivity contribution in [1.82, 2.24) is 5.32 Å². The third-order valence-corrected chi connectivity index (χ3v) is 12.2. The Bertz CT molecular complexity index is 989. The molecule has 2 heteroatoms. The third kappa shape index (κ3) is 4.33. The maximum atomic E-state index is 9.24. The minimum Gasteiger partial charge on any atom is -0.382 e. The third-order valence-electron chi connectivity index (χ3n) is 12.2. The summed E-state index contributed by atoms with van der Waals surface area (Å²) in [5, 5.41) is 13.1. The van der Waals surface area contributed by atoms with Crippen LogP contribution < -0.4 is 5.32 Å². The van der Waals surface area contributed by atoms with Crippen molar-refractivity contribution in [3.05, 3.63) is 42.0 Å². The van der Waals surface area contributed by atoms with Crippen LogP contribution in [-0.2, 0) is 6.42 Å². The molecule has 0 aliphatic heterocycles. The largest absolute Gasteiger partial charge is 0.382 e. The van der Waals surface area contributed by atoms with Crippen LogP contribution in [0.1, 0.15) is 109 Å². The Balaban J connectivity index is 1.26. The topological polar surface area (TPSA) is 35.8 Å². The zero-order valence-electron chi connectivity index (χ0n) is 23.5. The van der Waals surface area contributed by atoms with E-state index in [1.807, 2.05) is 6.07 Å². The van der Waals surface area contributed by atoms with E-state index in [0.29, 0.717) is 23.3 Å². The van der Waals surface area contributed by atoms with Crippen molar-refractivity contribution in [1.29, 1.82) is 5.26 Å².